The first-order valence-corrected chi connectivity index (χ1v) is 8.35. The van der Waals surface area contributed by atoms with E-state index in [0.29, 0.717) is 6.04 Å². The van der Waals surface area contributed by atoms with Crippen molar-refractivity contribution in [2.75, 3.05) is 20.1 Å². The molecule has 0 N–H and O–H groups in total. The Morgan fingerprint density at radius 2 is 2.30 bits per heavy atom. The fourth-order valence-electron chi connectivity index (χ4n) is 3.20. The van der Waals surface area contributed by atoms with Crippen LogP contribution in [0.3, 0.4) is 0 Å². The van der Waals surface area contributed by atoms with Gasteiger partial charge in [0.05, 0.1) is 12.7 Å². The largest absolute Gasteiger partial charge is 0.339 e. The van der Waals surface area contributed by atoms with E-state index in [9.17, 15) is 0 Å². The molecule has 23 heavy (non-hydrogen) atoms. The molecule has 0 amide bonds. The van der Waals surface area contributed by atoms with Crippen LogP contribution in [0.2, 0.25) is 0 Å². The molecule has 1 saturated heterocycles. The second-order valence-electron chi connectivity index (χ2n) is 6.43. The standard InChI is InChI=1S/C16H26N6O/c1-4-16-18-15(19-23-16)12-22-7-5-6-14(11-22)20(2)9-13-8-17-21(3)10-13/h8,10,14H,4-7,9,11-12H2,1-3H3/t14-/m1/s1. The number of nitrogens with zero attached hydrogens (tertiary/aromatic N) is 6. The Morgan fingerprint density at radius 1 is 1.43 bits per heavy atom. The number of hydrogen-bond donors (Lipinski definition) is 0. The van der Waals surface area contributed by atoms with Crippen molar-refractivity contribution in [3.8, 4) is 0 Å². The van der Waals surface area contributed by atoms with Crippen LogP contribution in [0.5, 0.6) is 0 Å². The van der Waals surface area contributed by atoms with Crippen LogP contribution in [-0.2, 0) is 26.6 Å². The van der Waals surface area contributed by atoms with E-state index in [-0.39, 0.29) is 0 Å². The van der Waals surface area contributed by atoms with Crippen LogP contribution in [0.4, 0.5) is 0 Å². The number of aromatic nitrogens is 4. The minimum Gasteiger partial charge on any atom is -0.339 e. The average Bonchev–Trinajstić information content (AvgIpc) is 3.16. The summed E-state index contributed by atoms with van der Waals surface area (Å²) in [4.78, 5) is 9.28. The van der Waals surface area contributed by atoms with Gasteiger partial charge in [-0.05, 0) is 26.4 Å². The zero-order valence-electron chi connectivity index (χ0n) is 14.3. The molecule has 7 nitrogen and oxygen atoms in total. The molecule has 0 aliphatic carbocycles. The minimum absolute atomic E-state index is 0.557. The zero-order valence-corrected chi connectivity index (χ0v) is 14.3. The third-order valence-electron chi connectivity index (χ3n) is 4.47. The predicted molar refractivity (Wildman–Crippen MR) is 86.7 cm³/mol. The van der Waals surface area contributed by atoms with Gasteiger partial charge in [0.15, 0.2) is 5.82 Å². The van der Waals surface area contributed by atoms with E-state index in [1.54, 1.807) is 0 Å². The Bertz CT molecular complexity index is 622. The van der Waals surface area contributed by atoms with Crippen LogP contribution in [0.25, 0.3) is 0 Å². The summed E-state index contributed by atoms with van der Waals surface area (Å²) in [5.41, 5.74) is 1.26. The Morgan fingerprint density at radius 3 is 3.00 bits per heavy atom. The lowest BCUT2D eigenvalue weighted by atomic mass is 10.0. The van der Waals surface area contributed by atoms with E-state index < -0.39 is 0 Å². The van der Waals surface area contributed by atoms with Gasteiger partial charge >= 0.3 is 0 Å². The molecule has 0 radical (unpaired) electrons. The van der Waals surface area contributed by atoms with Crippen molar-refractivity contribution >= 4 is 0 Å². The molecule has 0 aromatic carbocycles. The van der Waals surface area contributed by atoms with E-state index in [1.165, 1.54) is 18.4 Å². The van der Waals surface area contributed by atoms with E-state index in [0.717, 1.165) is 44.3 Å². The van der Waals surface area contributed by atoms with Crippen LogP contribution in [0.15, 0.2) is 16.9 Å². The molecule has 2 aromatic rings. The Kier molecular flexibility index (Phi) is 5.07. The number of piperidine rings is 1. The summed E-state index contributed by atoms with van der Waals surface area (Å²) in [5, 5.41) is 8.32. The third kappa shape index (κ3) is 4.17. The van der Waals surface area contributed by atoms with E-state index >= 15 is 0 Å². The first kappa shape index (κ1) is 16.1. The molecule has 0 unspecified atom stereocenters. The number of likely N-dealkylation sites (N-methyl/N-ethyl adjacent to an activating group) is 1. The number of aryl methyl sites for hydroxylation is 2. The monoisotopic (exact) mass is 318 g/mol. The molecule has 1 aliphatic heterocycles. The van der Waals surface area contributed by atoms with Gasteiger partial charge in [0, 0.05) is 44.4 Å². The molecule has 3 rings (SSSR count). The van der Waals surface area contributed by atoms with Crippen LogP contribution in [0, 0.1) is 0 Å². The zero-order chi connectivity index (χ0) is 16.2. The van der Waals surface area contributed by atoms with Gasteiger partial charge in [-0.3, -0.25) is 14.5 Å². The second-order valence-corrected chi connectivity index (χ2v) is 6.43. The van der Waals surface area contributed by atoms with Gasteiger partial charge < -0.3 is 4.52 Å². The first-order chi connectivity index (χ1) is 11.1. The fraction of sp³-hybridized carbons (Fsp3) is 0.688. The maximum Gasteiger partial charge on any atom is 0.226 e. The summed E-state index contributed by atoms with van der Waals surface area (Å²) in [6.07, 6.45) is 7.27. The van der Waals surface area contributed by atoms with E-state index in [4.69, 9.17) is 4.52 Å². The smallest absolute Gasteiger partial charge is 0.226 e. The van der Waals surface area contributed by atoms with Gasteiger partial charge in [-0.25, -0.2) is 0 Å². The highest BCUT2D eigenvalue weighted by molar-refractivity contribution is 5.03. The van der Waals surface area contributed by atoms with Gasteiger partial charge in [-0.1, -0.05) is 12.1 Å². The molecule has 1 atom stereocenters. The molecule has 7 heteroatoms. The molecule has 0 spiro atoms. The van der Waals surface area contributed by atoms with Crippen molar-refractivity contribution in [3.63, 3.8) is 0 Å². The summed E-state index contributed by atoms with van der Waals surface area (Å²) in [7, 11) is 4.16. The third-order valence-corrected chi connectivity index (χ3v) is 4.47. The normalized spacial score (nSPS) is 19.6. The maximum atomic E-state index is 5.20. The van der Waals surface area contributed by atoms with Gasteiger partial charge in [0.25, 0.3) is 0 Å². The molecule has 3 heterocycles. The highest BCUT2D eigenvalue weighted by Gasteiger charge is 2.24. The maximum absolute atomic E-state index is 5.20. The molecule has 1 fully saturated rings. The Hall–Kier alpha value is -1.73. The highest BCUT2D eigenvalue weighted by atomic mass is 16.5. The van der Waals surface area contributed by atoms with Gasteiger partial charge in [-0.2, -0.15) is 10.1 Å². The lowest BCUT2D eigenvalue weighted by molar-refractivity contribution is 0.105. The Labute approximate surface area is 137 Å². The molecule has 126 valence electrons. The fourth-order valence-corrected chi connectivity index (χ4v) is 3.20. The van der Waals surface area contributed by atoms with Crippen LogP contribution >= 0.6 is 0 Å². The van der Waals surface area contributed by atoms with Crippen LogP contribution < -0.4 is 0 Å². The lowest BCUT2D eigenvalue weighted by Gasteiger charge is -2.37. The van der Waals surface area contributed by atoms with E-state index in [2.05, 4.69) is 38.3 Å². The molecular weight excluding hydrogens is 292 g/mol. The van der Waals surface area contributed by atoms with Gasteiger partial charge in [0.1, 0.15) is 0 Å². The number of likely N-dealkylation sites (tertiary alicyclic amines) is 1. The second kappa shape index (κ2) is 7.23. The van der Waals surface area contributed by atoms with Crippen LogP contribution in [-0.4, -0.2) is 55.9 Å². The summed E-state index contributed by atoms with van der Waals surface area (Å²) in [6, 6.07) is 0.557. The molecule has 2 aromatic heterocycles. The lowest BCUT2D eigenvalue weighted by Crippen LogP contribution is -2.45. The van der Waals surface area contributed by atoms with Crippen molar-refractivity contribution in [1.82, 2.24) is 29.7 Å². The van der Waals surface area contributed by atoms with Gasteiger partial charge in [-0.15, -0.1) is 0 Å². The van der Waals surface area contributed by atoms with Crippen molar-refractivity contribution in [3.05, 3.63) is 29.7 Å². The van der Waals surface area contributed by atoms with Crippen molar-refractivity contribution in [2.24, 2.45) is 7.05 Å². The first-order valence-electron chi connectivity index (χ1n) is 8.35. The topological polar surface area (TPSA) is 63.2 Å². The summed E-state index contributed by atoms with van der Waals surface area (Å²) in [5.74, 6) is 1.53. The summed E-state index contributed by atoms with van der Waals surface area (Å²) >= 11 is 0. The predicted octanol–water partition coefficient (Wildman–Crippen LogP) is 1.46. The van der Waals surface area contributed by atoms with Crippen molar-refractivity contribution in [2.45, 2.75) is 45.3 Å². The number of hydrogen-bond acceptors (Lipinski definition) is 6. The molecule has 0 saturated carbocycles. The van der Waals surface area contributed by atoms with Crippen molar-refractivity contribution in [1.29, 1.82) is 0 Å². The SMILES string of the molecule is CCc1nc(CN2CCC[C@@H](N(C)Cc3cnn(C)c3)C2)no1. The van der Waals surface area contributed by atoms with Crippen molar-refractivity contribution < 1.29 is 4.52 Å². The quantitative estimate of drug-likeness (QED) is 0.803. The highest BCUT2D eigenvalue weighted by Crippen LogP contribution is 2.18. The van der Waals surface area contributed by atoms with Gasteiger partial charge in [0.2, 0.25) is 5.89 Å². The van der Waals surface area contributed by atoms with Crippen LogP contribution in [0.1, 0.15) is 37.0 Å². The Balaban J connectivity index is 1.54. The number of rotatable bonds is 6. The molecule has 0 bridgehead atoms. The average molecular weight is 318 g/mol. The molecular formula is C16H26N6O. The molecule has 1 aliphatic rings. The summed E-state index contributed by atoms with van der Waals surface area (Å²) in [6.45, 7) is 5.90. The van der Waals surface area contributed by atoms with E-state index in [1.807, 2.05) is 24.9 Å². The minimum atomic E-state index is 0.557. The summed E-state index contributed by atoms with van der Waals surface area (Å²) < 4.78 is 7.06.